The molecule has 0 fully saturated rings. The van der Waals surface area contributed by atoms with Gasteiger partial charge in [0, 0.05) is 37.4 Å². The molecule has 2 nitrogen and oxygen atoms in total. The number of rotatable bonds is 3. The average Bonchev–Trinajstić information content (AvgIpc) is 2.82. The number of aryl methyl sites for hydroxylation is 1. The summed E-state index contributed by atoms with van der Waals surface area (Å²) in [5, 5.41) is 1.15. The Morgan fingerprint density at radius 2 is 1.71 bits per heavy atom. The second-order valence-electron chi connectivity index (χ2n) is 5.49. The molecule has 0 atom stereocenters. The molecule has 24 heavy (non-hydrogen) atoms. The molecule has 3 rings (SSSR count). The topological polar surface area (TPSA) is 17.3 Å². The van der Waals surface area contributed by atoms with Crippen molar-refractivity contribution in [1.29, 1.82) is 0 Å². The maximum Gasteiger partial charge on any atom is 0.0817 e. The summed E-state index contributed by atoms with van der Waals surface area (Å²) in [6, 6.07) is 15.9. The van der Waals surface area contributed by atoms with E-state index in [1.54, 1.807) is 12.1 Å². The van der Waals surface area contributed by atoms with Gasteiger partial charge in [0.25, 0.3) is 0 Å². The number of benzene rings is 2. The predicted molar refractivity (Wildman–Crippen MR) is 112 cm³/mol. The number of aliphatic imine (C=N–C) groups is 1. The fraction of sp³-hybridized carbons (Fsp3) is 0.105. The Hall–Kier alpha value is -1.30. The van der Waals surface area contributed by atoms with Gasteiger partial charge in [-0.1, -0.05) is 23.2 Å². The number of hydrogen-bond acceptors (Lipinski definition) is 1. The van der Waals surface area contributed by atoms with Gasteiger partial charge >= 0.3 is 0 Å². The fourth-order valence-electron chi connectivity index (χ4n) is 2.63. The van der Waals surface area contributed by atoms with E-state index in [-0.39, 0.29) is 0 Å². The van der Waals surface area contributed by atoms with Crippen LogP contribution < -0.4 is 0 Å². The Bertz CT molecular complexity index is 912. The minimum atomic E-state index is 0.546. The van der Waals surface area contributed by atoms with Crippen molar-refractivity contribution in [2.24, 2.45) is 4.99 Å². The minimum absolute atomic E-state index is 0.546. The van der Waals surface area contributed by atoms with Crippen LogP contribution in [0.25, 0.3) is 5.69 Å². The molecule has 0 radical (unpaired) electrons. The fourth-order valence-corrected chi connectivity index (χ4v) is 3.45. The minimum Gasteiger partial charge on any atom is -0.318 e. The number of halogens is 3. The summed E-state index contributed by atoms with van der Waals surface area (Å²) in [6.07, 6.45) is 1.85. The van der Waals surface area contributed by atoms with Crippen molar-refractivity contribution in [3.8, 4) is 5.69 Å². The van der Waals surface area contributed by atoms with Crippen LogP contribution in [0.15, 0.2) is 53.5 Å². The number of nitrogens with zero attached hydrogens (tertiary/aromatic N) is 2. The molecule has 0 aliphatic rings. The van der Waals surface area contributed by atoms with Crippen molar-refractivity contribution in [2.45, 2.75) is 13.8 Å². The van der Waals surface area contributed by atoms with Gasteiger partial charge in [-0.2, -0.15) is 0 Å². The third-order valence-electron chi connectivity index (χ3n) is 3.81. The molecule has 0 spiro atoms. The Labute approximate surface area is 165 Å². The smallest absolute Gasteiger partial charge is 0.0817 e. The molecule has 0 aliphatic carbocycles. The van der Waals surface area contributed by atoms with Gasteiger partial charge in [0.1, 0.15) is 0 Å². The van der Waals surface area contributed by atoms with E-state index in [4.69, 9.17) is 23.2 Å². The van der Waals surface area contributed by atoms with E-state index in [9.17, 15) is 0 Å². The molecular formula is C19H15Cl2IN2. The maximum absolute atomic E-state index is 6.18. The van der Waals surface area contributed by atoms with E-state index in [0.717, 1.165) is 22.6 Å². The zero-order valence-corrected chi connectivity index (χ0v) is 16.9. The van der Waals surface area contributed by atoms with Crippen LogP contribution in [0, 0.1) is 17.4 Å². The van der Waals surface area contributed by atoms with Gasteiger partial charge in [0.15, 0.2) is 0 Å². The second-order valence-corrected chi connectivity index (χ2v) is 7.58. The largest absolute Gasteiger partial charge is 0.318 e. The summed E-state index contributed by atoms with van der Waals surface area (Å²) in [5.41, 5.74) is 5.23. The highest BCUT2D eigenvalue weighted by molar-refractivity contribution is 14.1. The highest BCUT2D eigenvalue weighted by Gasteiger charge is 2.09. The van der Waals surface area contributed by atoms with Crippen LogP contribution in [0.1, 0.15) is 17.0 Å². The Kier molecular flexibility index (Phi) is 5.33. The van der Waals surface area contributed by atoms with Crippen molar-refractivity contribution >= 4 is 57.7 Å². The molecule has 0 N–H and O–H groups in total. The predicted octanol–water partition coefficient (Wildman–Crippen LogP) is 6.76. The lowest BCUT2D eigenvalue weighted by atomic mass is 10.2. The Morgan fingerprint density at radius 3 is 2.38 bits per heavy atom. The zero-order valence-electron chi connectivity index (χ0n) is 13.2. The molecule has 122 valence electrons. The standard InChI is InChI=1S/C19H15Cl2IN2/c1-12-9-14(11-23-19-8-3-15(20)10-18(19)21)13(2)24(12)17-6-4-16(22)5-7-17/h3-11H,1-2H3. The summed E-state index contributed by atoms with van der Waals surface area (Å²) in [6.45, 7) is 4.19. The summed E-state index contributed by atoms with van der Waals surface area (Å²) in [7, 11) is 0. The first-order valence-electron chi connectivity index (χ1n) is 7.39. The van der Waals surface area contributed by atoms with E-state index < -0.39 is 0 Å². The van der Waals surface area contributed by atoms with Gasteiger partial charge in [0.05, 0.1) is 10.7 Å². The van der Waals surface area contributed by atoms with Crippen molar-refractivity contribution in [2.75, 3.05) is 0 Å². The summed E-state index contributed by atoms with van der Waals surface area (Å²) < 4.78 is 3.44. The van der Waals surface area contributed by atoms with Crippen molar-refractivity contribution in [3.05, 3.63) is 79.1 Å². The van der Waals surface area contributed by atoms with Gasteiger partial charge in [-0.05, 0) is 85.0 Å². The van der Waals surface area contributed by atoms with E-state index in [2.05, 4.69) is 76.3 Å². The third-order valence-corrected chi connectivity index (χ3v) is 5.06. The first-order chi connectivity index (χ1) is 11.5. The number of aromatic nitrogens is 1. The molecular weight excluding hydrogens is 454 g/mol. The Morgan fingerprint density at radius 1 is 1.00 bits per heavy atom. The molecule has 0 aliphatic heterocycles. The third kappa shape index (κ3) is 3.68. The molecule has 1 aromatic heterocycles. The monoisotopic (exact) mass is 468 g/mol. The zero-order chi connectivity index (χ0) is 17.3. The summed E-state index contributed by atoms with van der Waals surface area (Å²) in [5.74, 6) is 0. The van der Waals surface area contributed by atoms with Gasteiger partial charge in [-0.15, -0.1) is 0 Å². The molecule has 2 aromatic carbocycles. The SMILES string of the molecule is Cc1cc(C=Nc2ccc(Cl)cc2Cl)c(C)n1-c1ccc(I)cc1. The molecule has 0 bridgehead atoms. The van der Waals surface area contributed by atoms with Gasteiger partial charge < -0.3 is 4.57 Å². The molecule has 0 saturated carbocycles. The molecule has 0 amide bonds. The summed E-state index contributed by atoms with van der Waals surface area (Å²) in [4.78, 5) is 4.51. The van der Waals surface area contributed by atoms with Crippen LogP contribution in [-0.4, -0.2) is 10.8 Å². The molecule has 5 heteroatoms. The first kappa shape index (κ1) is 17.5. The van der Waals surface area contributed by atoms with Crippen molar-refractivity contribution in [3.63, 3.8) is 0 Å². The van der Waals surface area contributed by atoms with E-state index in [1.165, 1.54) is 3.57 Å². The van der Waals surface area contributed by atoms with Gasteiger partial charge in [-0.25, -0.2) is 0 Å². The maximum atomic E-state index is 6.18. The molecule has 1 heterocycles. The quantitative estimate of drug-likeness (QED) is 0.298. The van der Waals surface area contributed by atoms with Crippen LogP contribution in [0.2, 0.25) is 10.0 Å². The van der Waals surface area contributed by atoms with Gasteiger partial charge in [-0.3, -0.25) is 4.99 Å². The van der Waals surface area contributed by atoms with Crippen LogP contribution in [0.5, 0.6) is 0 Å². The summed E-state index contributed by atoms with van der Waals surface area (Å²) >= 11 is 14.4. The van der Waals surface area contributed by atoms with Crippen LogP contribution in [-0.2, 0) is 0 Å². The van der Waals surface area contributed by atoms with Crippen LogP contribution in [0.3, 0.4) is 0 Å². The highest BCUT2D eigenvalue weighted by Crippen LogP contribution is 2.28. The number of hydrogen-bond donors (Lipinski definition) is 0. The van der Waals surface area contributed by atoms with E-state index in [1.807, 2.05) is 12.3 Å². The lowest BCUT2D eigenvalue weighted by Gasteiger charge is -2.09. The highest BCUT2D eigenvalue weighted by atomic mass is 127. The van der Waals surface area contributed by atoms with E-state index >= 15 is 0 Å². The van der Waals surface area contributed by atoms with E-state index in [0.29, 0.717) is 15.7 Å². The normalized spacial score (nSPS) is 11.4. The van der Waals surface area contributed by atoms with Crippen LogP contribution >= 0.6 is 45.8 Å². The lowest BCUT2D eigenvalue weighted by molar-refractivity contribution is 0.964. The van der Waals surface area contributed by atoms with Crippen LogP contribution in [0.4, 0.5) is 5.69 Å². The van der Waals surface area contributed by atoms with Crippen molar-refractivity contribution in [1.82, 2.24) is 4.57 Å². The lowest BCUT2D eigenvalue weighted by Crippen LogP contribution is -1.99. The molecule has 0 unspecified atom stereocenters. The molecule has 0 saturated heterocycles. The average molecular weight is 469 g/mol. The second kappa shape index (κ2) is 7.30. The van der Waals surface area contributed by atoms with Gasteiger partial charge in [0.2, 0.25) is 0 Å². The Balaban J connectivity index is 1.97. The first-order valence-corrected chi connectivity index (χ1v) is 9.23. The van der Waals surface area contributed by atoms with Crippen molar-refractivity contribution < 1.29 is 0 Å². The molecule has 3 aromatic rings.